The highest BCUT2D eigenvalue weighted by molar-refractivity contribution is 14.0. The van der Waals surface area contributed by atoms with Crippen LogP contribution in [0.15, 0.2) is 59.6 Å². The minimum absolute atomic E-state index is 0. The SMILES string of the molecule is CCNC(=NCc1ccccc1CN(C)C)N1CC2OCCN(Cc3ccccc3)C2C1.I. The van der Waals surface area contributed by atoms with Crippen LogP contribution < -0.4 is 5.32 Å². The van der Waals surface area contributed by atoms with Gasteiger partial charge in [0, 0.05) is 39.3 Å². The molecule has 4 rings (SSSR count). The maximum absolute atomic E-state index is 6.18. The van der Waals surface area contributed by atoms with Gasteiger partial charge in [-0.3, -0.25) is 4.90 Å². The van der Waals surface area contributed by atoms with Crippen molar-refractivity contribution in [2.24, 2.45) is 4.99 Å². The summed E-state index contributed by atoms with van der Waals surface area (Å²) in [6.45, 7) is 9.21. The van der Waals surface area contributed by atoms with Crippen molar-refractivity contribution in [2.45, 2.75) is 38.7 Å². The number of hydrogen-bond donors (Lipinski definition) is 1. The average Bonchev–Trinajstić information content (AvgIpc) is 3.23. The third-order valence-corrected chi connectivity index (χ3v) is 6.28. The first-order chi connectivity index (χ1) is 15.6. The van der Waals surface area contributed by atoms with Crippen molar-refractivity contribution in [2.75, 3.05) is 46.9 Å². The molecule has 0 aromatic heterocycles. The van der Waals surface area contributed by atoms with E-state index < -0.39 is 0 Å². The Kier molecular flexibility index (Phi) is 9.97. The molecule has 2 aromatic carbocycles. The maximum atomic E-state index is 6.18. The van der Waals surface area contributed by atoms with Gasteiger partial charge in [-0.25, -0.2) is 4.99 Å². The normalized spacial score (nSPS) is 21.1. The summed E-state index contributed by atoms with van der Waals surface area (Å²) in [5, 5.41) is 3.52. The van der Waals surface area contributed by atoms with E-state index in [0.717, 1.165) is 51.8 Å². The largest absolute Gasteiger partial charge is 0.373 e. The van der Waals surface area contributed by atoms with E-state index in [4.69, 9.17) is 9.73 Å². The van der Waals surface area contributed by atoms with Crippen LogP contribution in [0.5, 0.6) is 0 Å². The molecule has 0 bridgehead atoms. The van der Waals surface area contributed by atoms with Crippen LogP contribution in [-0.4, -0.2) is 79.7 Å². The number of rotatable bonds is 7. The van der Waals surface area contributed by atoms with Gasteiger partial charge in [0.25, 0.3) is 0 Å². The Hall–Kier alpha value is -1.68. The molecule has 0 spiro atoms. The Balaban J connectivity index is 0.00000306. The van der Waals surface area contributed by atoms with Gasteiger partial charge in [-0.1, -0.05) is 54.6 Å². The van der Waals surface area contributed by atoms with Gasteiger partial charge in [-0.2, -0.15) is 0 Å². The van der Waals surface area contributed by atoms with Gasteiger partial charge in [-0.15, -0.1) is 24.0 Å². The highest BCUT2D eigenvalue weighted by atomic mass is 127. The van der Waals surface area contributed by atoms with Crippen LogP contribution in [0, 0.1) is 0 Å². The molecule has 7 heteroatoms. The van der Waals surface area contributed by atoms with Crippen molar-refractivity contribution < 1.29 is 4.74 Å². The zero-order chi connectivity index (χ0) is 22.3. The number of morpholine rings is 1. The van der Waals surface area contributed by atoms with Crippen molar-refractivity contribution in [3.05, 3.63) is 71.3 Å². The van der Waals surface area contributed by atoms with Crippen molar-refractivity contribution in [1.29, 1.82) is 0 Å². The van der Waals surface area contributed by atoms with Crippen LogP contribution in [0.1, 0.15) is 23.6 Å². The van der Waals surface area contributed by atoms with E-state index >= 15 is 0 Å². The number of benzene rings is 2. The highest BCUT2D eigenvalue weighted by Crippen LogP contribution is 2.25. The number of nitrogens with one attached hydrogen (secondary N) is 1. The zero-order valence-corrected chi connectivity index (χ0v) is 22.4. The summed E-state index contributed by atoms with van der Waals surface area (Å²) in [5.41, 5.74) is 3.99. The highest BCUT2D eigenvalue weighted by Gasteiger charge is 2.41. The second-order valence-electron chi connectivity index (χ2n) is 9.01. The number of aliphatic imine (C=N–C) groups is 1. The van der Waals surface area contributed by atoms with Gasteiger partial charge < -0.3 is 19.9 Å². The first-order valence-corrected chi connectivity index (χ1v) is 11.8. The molecule has 6 nitrogen and oxygen atoms in total. The van der Waals surface area contributed by atoms with Gasteiger partial charge in [-0.05, 0) is 37.7 Å². The smallest absolute Gasteiger partial charge is 0.194 e. The molecule has 2 aromatic rings. The Morgan fingerprint density at radius 2 is 1.79 bits per heavy atom. The van der Waals surface area contributed by atoms with Crippen LogP contribution in [0.4, 0.5) is 0 Å². The third-order valence-electron chi connectivity index (χ3n) is 6.28. The summed E-state index contributed by atoms with van der Waals surface area (Å²) in [7, 11) is 4.22. The van der Waals surface area contributed by atoms with Crippen LogP contribution in [0.2, 0.25) is 0 Å². The van der Waals surface area contributed by atoms with Crippen molar-refractivity contribution in [1.82, 2.24) is 20.0 Å². The fraction of sp³-hybridized carbons (Fsp3) is 0.500. The third kappa shape index (κ3) is 6.91. The number of hydrogen-bond acceptors (Lipinski definition) is 4. The summed E-state index contributed by atoms with van der Waals surface area (Å²) in [6, 6.07) is 19.8. The lowest BCUT2D eigenvalue weighted by Crippen LogP contribution is -2.50. The predicted molar refractivity (Wildman–Crippen MR) is 146 cm³/mol. The molecule has 2 saturated heterocycles. The monoisotopic (exact) mass is 563 g/mol. The number of ether oxygens (including phenoxy) is 1. The molecule has 0 aliphatic carbocycles. The molecule has 2 aliphatic heterocycles. The lowest BCUT2D eigenvalue weighted by molar-refractivity contribution is -0.0502. The molecule has 0 radical (unpaired) electrons. The van der Waals surface area contributed by atoms with Crippen LogP contribution in [0.25, 0.3) is 0 Å². The average molecular weight is 564 g/mol. The van der Waals surface area contributed by atoms with Crippen molar-refractivity contribution in [3.63, 3.8) is 0 Å². The van der Waals surface area contributed by atoms with Crippen molar-refractivity contribution in [3.8, 4) is 0 Å². The number of nitrogens with zero attached hydrogens (tertiary/aromatic N) is 4. The van der Waals surface area contributed by atoms with Gasteiger partial charge >= 0.3 is 0 Å². The lowest BCUT2D eigenvalue weighted by Gasteiger charge is -2.36. The number of fused-ring (bicyclic) bond motifs is 1. The second kappa shape index (κ2) is 12.7. The summed E-state index contributed by atoms with van der Waals surface area (Å²) in [6.07, 6.45) is 0.234. The number of likely N-dealkylation sites (tertiary alicyclic amines) is 1. The Labute approximate surface area is 216 Å². The van der Waals surface area contributed by atoms with Gasteiger partial charge in [0.2, 0.25) is 0 Å². The lowest BCUT2D eigenvalue weighted by atomic mass is 10.1. The summed E-state index contributed by atoms with van der Waals surface area (Å²) < 4.78 is 6.18. The number of guanidine groups is 1. The molecule has 2 fully saturated rings. The minimum atomic E-state index is 0. The molecule has 180 valence electrons. The zero-order valence-electron chi connectivity index (χ0n) is 20.1. The molecule has 33 heavy (non-hydrogen) atoms. The summed E-state index contributed by atoms with van der Waals surface area (Å²) >= 11 is 0. The molecule has 2 aliphatic rings. The molecule has 2 atom stereocenters. The van der Waals surface area contributed by atoms with Gasteiger partial charge in [0.05, 0.1) is 25.3 Å². The molecular weight excluding hydrogens is 525 g/mol. The first kappa shape index (κ1) is 25.9. The van der Waals surface area contributed by atoms with E-state index in [9.17, 15) is 0 Å². The van der Waals surface area contributed by atoms with Crippen LogP contribution in [0.3, 0.4) is 0 Å². The predicted octanol–water partition coefficient (Wildman–Crippen LogP) is 3.42. The summed E-state index contributed by atoms with van der Waals surface area (Å²) in [5.74, 6) is 0.991. The van der Waals surface area contributed by atoms with Crippen LogP contribution in [-0.2, 0) is 24.4 Å². The van der Waals surface area contributed by atoms with Gasteiger partial charge in [0.1, 0.15) is 0 Å². The van der Waals surface area contributed by atoms with E-state index in [2.05, 4.69) is 95.6 Å². The molecule has 2 heterocycles. The molecule has 2 unspecified atom stereocenters. The van der Waals surface area contributed by atoms with Crippen LogP contribution >= 0.6 is 24.0 Å². The van der Waals surface area contributed by atoms with E-state index in [1.807, 2.05) is 0 Å². The molecule has 1 N–H and O–H groups in total. The van der Waals surface area contributed by atoms with E-state index in [0.29, 0.717) is 12.6 Å². The first-order valence-electron chi connectivity index (χ1n) is 11.8. The fourth-order valence-corrected chi connectivity index (χ4v) is 4.74. The van der Waals surface area contributed by atoms with E-state index in [1.54, 1.807) is 0 Å². The maximum Gasteiger partial charge on any atom is 0.194 e. The number of halogens is 1. The van der Waals surface area contributed by atoms with Crippen molar-refractivity contribution >= 4 is 29.9 Å². The summed E-state index contributed by atoms with van der Waals surface area (Å²) in [4.78, 5) is 12.2. The van der Waals surface area contributed by atoms with E-state index in [1.165, 1.54) is 16.7 Å². The Morgan fingerprint density at radius 3 is 2.52 bits per heavy atom. The Morgan fingerprint density at radius 1 is 1.06 bits per heavy atom. The van der Waals surface area contributed by atoms with Gasteiger partial charge in [0.15, 0.2) is 5.96 Å². The molecule has 0 amide bonds. The van der Waals surface area contributed by atoms with E-state index in [-0.39, 0.29) is 30.1 Å². The quantitative estimate of drug-likeness (QED) is 0.318. The Bertz CT molecular complexity index is 891. The topological polar surface area (TPSA) is 43.3 Å². The second-order valence-corrected chi connectivity index (χ2v) is 9.01. The molecule has 0 saturated carbocycles. The minimum Gasteiger partial charge on any atom is -0.373 e. The fourth-order valence-electron chi connectivity index (χ4n) is 4.74. The standard InChI is InChI=1S/C26H37N5O.HI/c1-4-27-26(28-16-22-12-8-9-13-23(22)18-29(2)3)31-19-24-25(20-31)32-15-14-30(24)17-21-10-6-5-7-11-21;/h5-13,24-25H,4,14-20H2,1-3H3,(H,27,28);1H. The molecular formula is C26H38IN5O.